The summed E-state index contributed by atoms with van der Waals surface area (Å²) in [5.41, 5.74) is -1.44. The van der Waals surface area contributed by atoms with E-state index in [2.05, 4.69) is 0 Å². The first-order chi connectivity index (χ1) is 9.92. The van der Waals surface area contributed by atoms with E-state index in [1.54, 1.807) is 37.3 Å². The number of hydrogen-bond acceptors (Lipinski definition) is 3. The third-order valence-electron chi connectivity index (χ3n) is 3.94. The number of carboxylic acid groups (broad SMARTS) is 1. The van der Waals surface area contributed by atoms with E-state index in [-0.39, 0.29) is 5.92 Å². The number of aliphatic hydroxyl groups excluding tert-OH is 1. The van der Waals surface area contributed by atoms with Crippen LogP contribution in [-0.4, -0.2) is 27.4 Å². The van der Waals surface area contributed by atoms with Gasteiger partial charge >= 0.3 is 5.97 Å². The maximum absolute atomic E-state index is 11.7. The molecule has 0 aliphatic rings. The molecule has 4 nitrogen and oxygen atoms in total. The van der Waals surface area contributed by atoms with Crippen molar-refractivity contribution in [2.45, 2.75) is 57.7 Å². The van der Waals surface area contributed by atoms with Crippen LogP contribution in [0.25, 0.3) is 0 Å². The van der Waals surface area contributed by atoms with Crippen molar-refractivity contribution in [2.24, 2.45) is 5.92 Å². The van der Waals surface area contributed by atoms with E-state index in [0.29, 0.717) is 31.2 Å². The van der Waals surface area contributed by atoms with Crippen molar-refractivity contribution in [3.63, 3.8) is 0 Å². The highest BCUT2D eigenvalue weighted by Crippen LogP contribution is 2.36. The number of hydrogen-bond donors (Lipinski definition) is 3. The van der Waals surface area contributed by atoms with E-state index < -0.39 is 17.7 Å². The number of benzene rings is 1. The molecule has 3 N–H and O–H groups in total. The zero-order valence-electron chi connectivity index (χ0n) is 12.8. The smallest absolute Gasteiger partial charge is 0.340 e. The lowest BCUT2D eigenvalue weighted by Crippen LogP contribution is -2.43. The summed E-state index contributed by atoms with van der Waals surface area (Å²) < 4.78 is 0. The summed E-state index contributed by atoms with van der Waals surface area (Å²) in [5, 5.41) is 29.8. The van der Waals surface area contributed by atoms with Gasteiger partial charge in [0.25, 0.3) is 0 Å². The van der Waals surface area contributed by atoms with Crippen LogP contribution in [0.3, 0.4) is 0 Å². The molecule has 118 valence electrons. The van der Waals surface area contributed by atoms with Crippen LogP contribution in [0, 0.1) is 5.92 Å². The average Bonchev–Trinajstić information content (AvgIpc) is 2.46. The van der Waals surface area contributed by atoms with Crippen molar-refractivity contribution in [1.29, 1.82) is 0 Å². The zero-order chi connectivity index (χ0) is 15.9. The summed E-state index contributed by atoms with van der Waals surface area (Å²) in [6.45, 7) is 3.70. The van der Waals surface area contributed by atoms with Crippen LogP contribution >= 0.6 is 0 Å². The van der Waals surface area contributed by atoms with E-state index in [1.165, 1.54) is 0 Å². The van der Waals surface area contributed by atoms with Crippen molar-refractivity contribution in [3.05, 3.63) is 35.9 Å². The molecule has 0 amide bonds. The van der Waals surface area contributed by atoms with Gasteiger partial charge in [0.05, 0.1) is 6.10 Å². The van der Waals surface area contributed by atoms with E-state index in [1.807, 2.05) is 6.92 Å². The molecule has 0 aliphatic heterocycles. The van der Waals surface area contributed by atoms with Gasteiger partial charge in [0.1, 0.15) is 0 Å². The lowest BCUT2D eigenvalue weighted by atomic mass is 9.76. The third-order valence-corrected chi connectivity index (χ3v) is 3.94. The molecule has 0 aliphatic carbocycles. The minimum Gasteiger partial charge on any atom is -0.479 e. The highest BCUT2D eigenvalue weighted by atomic mass is 16.4. The molecule has 0 aromatic heterocycles. The largest absolute Gasteiger partial charge is 0.479 e. The van der Waals surface area contributed by atoms with Crippen molar-refractivity contribution >= 4 is 5.97 Å². The van der Waals surface area contributed by atoms with Crippen LogP contribution in [0.1, 0.15) is 51.5 Å². The fraction of sp³-hybridized carbons (Fsp3) is 0.588. The topological polar surface area (TPSA) is 77.8 Å². The minimum atomic E-state index is -1.87. The summed E-state index contributed by atoms with van der Waals surface area (Å²) in [6.07, 6.45) is 2.94. The molecule has 0 heterocycles. The van der Waals surface area contributed by atoms with Crippen molar-refractivity contribution in [1.82, 2.24) is 0 Å². The van der Waals surface area contributed by atoms with Gasteiger partial charge in [0.2, 0.25) is 0 Å². The number of rotatable bonds is 9. The van der Waals surface area contributed by atoms with Crippen LogP contribution in [-0.2, 0) is 10.4 Å². The van der Waals surface area contributed by atoms with Crippen LogP contribution < -0.4 is 0 Å². The zero-order valence-corrected chi connectivity index (χ0v) is 12.8. The predicted octanol–water partition coefficient (Wildman–Crippen LogP) is 2.93. The molecule has 3 unspecified atom stereocenters. The number of carbonyl (C=O) groups is 1. The lowest BCUT2D eigenvalue weighted by molar-refractivity contribution is -0.167. The fourth-order valence-electron chi connectivity index (χ4n) is 2.80. The Balaban J connectivity index is 3.00. The summed E-state index contributed by atoms with van der Waals surface area (Å²) in [4.78, 5) is 11.7. The van der Waals surface area contributed by atoms with Crippen LogP contribution in [0.2, 0.25) is 0 Å². The Kier molecular flexibility index (Phi) is 6.85. The fourth-order valence-corrected chi connectivity index (χ4v) is 2.80. The Morgan fingerprint density at radius 1 is 1.19 bits per heavy atom. The number of aliphatic carboxylic acids is 1. The molecule has 3 atom stereocenters. The Morgan fingerprint density at radius 2 is 1.81 bits per heavy atom. The molecule has 0 radical (unpaired) electrons. The third kappa shape index (κ3) is 4.55. The van der Waals surface area contributed by atoms with Gasteiger partial charge in [-0.3, -0.25) is 0 Å². The molecule has 0 bridgehead atoms. The summed E-state index contributed by atoms with van der Waals surface area (Å²) in [6, 6.07) is 8.59. The molecule has 21 heavy (non-hydrogen) atoms. The Hall–Kier alpha value is -1.39. The molecular formula is C17H26O4. The van der Waals surface area contributed by atoms with Crippen LogP contribution in [0.4, 0.5) is 0 Å². The normalized spacial score (nSPS) is 17.0. The second-order valence-corrected chi connectivity index (χ2v) is 5.70. The molecule has 0 fully saturated rings. The second-order valence-electron chi connectivity index (χ2n) is 5.70. The quantitative estimate of drug-likeness (QED) is 0.654. The van der Waals surface area contributed by atoms with Gasteiger partial charge in [-0.05, 0) is 31.7 Å². The van der Waals surface area contributed by atoms with Crippen molar-refractivity contribution in [3.8, 4) is 0 Å². The first-order valence-corrected chi connectivity index (χ1v) is 7.62. The van der Waals surface area contributed by atoms with Crippen molar-refractivity contribution in [2.75, 3.05) is 0 Å². The number of aliphatic hydroxyl groups is 2. The van der Waals surface area contributed by atoms with Crippen LogP contribution in [0.15, 0.2) is 30.3 Å². The minimum absolute atomic E-state index is 0.360. The SMILES string of the molecule is CCCC(CCCC(C)O)C(O)(C(=O)O)c1ccccc1. The molecule has 0 saturated heterocycles. The first-order valence-electron chi connectivity index (χ1n) is 7.62. The van der Waals surface area contributed by atoms with Gasteiger partial charge in [-0.15, -0.1) is 0 Å². The highest BCUT2D eigenvalue weighted by molar-refractivity contribution is 5.79. The lowest BCUT2D eigenvalue weighted by Gasteiger charge is -2.33. The van der Waals surface area contributed by atoms with Gasteiger partial charge < -0.3 is 15.3 Å². The van der Waals surface area contributed by atoms with Gasteiger partial charge in [-0.1, -0.05) is 50.1 Å². The molecule has 4 heteroatoms. The van der Waals surface area contributed by atoms with Gasteiger partial charge in [0, 0.05) is 5.92 Å². The van der Waals surface area contributed by atoms with Crippen LogP contribution in [0.5, 0.6) is 0 Å². The second kappa shape index (κ2) is 8.15. The van der Waals surface area contributed by atoms with E-state index in [0.717, 1.165) is 6.42 Å². The Morgan fingerprint density at radius 3 is 2.29 bits per heavy atom. The molecular weight excluding hydrogens is 268 g/mol. The summed E-state index contributed by atoms with van der Waals surface area (Å²) in [7, 11) is 0. The Labute approximate surface area is 126 Å². The summed E-state index contributed by atoms with van der Waals surface area (Å²) in [5.74, 6) is -1.56. The molecule has 1 rings (SSSR count). The van der Waals surface area contributed by atoms with E-state index in [9.17, 15) is 20.1 Å². The monoisotopic (exact) mass is 294 g/mol. The maximum Gasteiger partial charge on any atom is 0.340 e. The van der Waals surface area contributed by atoms with Gasteiger partial charge in [-0.25, -0.2) is 4.79 Å². The van der Waals surface area contributed by atoms with Crippen molar-refractivity contribution < 1.29 is 20.1 Å². The highest BCUT2D eigenvalue weighted by Gasteiger charge is 2.44. The summed E-state index contributed by atoms with van der Waals surface area (Å²) >= 11 is 0. The van der Waals surface area contributed by atoms with Gasteiger partial charge in [0.15, 0.2) is 5.60 Å². The van der Waals surface area contributed by atoms with Gasteiger partial charge in [-0.2, -0.15) is 0 Å². The molecule has 0 spiro atoms. The maximum atomic E-state index is 11.7. The first kappa shape index (κ1) is 17.7. The van der Waals surface area contributed by atoms with E-state index in [4.69, 9.17) is 0 Å². The van der Waals surface area contributed by atoms with E-state index >= 15 is 0 Å². The Bertz CT molecular complexity index is 430. The molecule has 1 aromatic rings. The molecule has 1 aromatic carbocycles. The predicted molar refractivity (Wildman–Crippen MR) is 81.9 cm³/mol. The molecule has 0 saturated carbocycles. The average molecular weight is 294 g/mol. The number of carboxylic acids is 1. The standard InChI is InChI=1S/C17H26O4/c1-3-8-14(12-7-9-13(2)18)17(21,16(19)20)15-10-5-4-6-11-15/h4-6,10-11,13-14,18,21H,3,7-9,12H2,1-2H3,(H,19,20).